The minimum atomic E-state index is -0.445. The molecule has 31 heavy (non-hydrogen) atoms. The molecular formula is C25H43NO5. The van der Waals surface area contributed by atoms with E-state index in [1.54, 1.807) is 12.1 Å². The van der Waals surface area contributed by atoms with E-state index in [0.717, 1.165) is 12.8 Å². The second kappa shape index (κ2) is 19.1. The Hall–Kier alpha value is -1.66. The third-order valence-electron chi connectivity index (χ3n) is 5.54. The zero-order valence-electron chi connectivity index (χ0n) is 19.4. The lowest BCUT2D eigenvalue weighted by atomic mass is 10.0. The highest BCUT2D eigenvalue weighted by Gasteiger charge is 2.10. The number of aliphatic hydroxyl groups is 1. The predicted molar refractivity (Wildman–Crippen MR) is 126 cm³/mol. The molecule has 0 fully saturated rings. The largest absolute Gasteiger partial charge is 0.491 e. The van der Waals surface area contributed by atoms with Crippen LogP contribution in [0, 0.1) is 10.1 Å². The lowest BCUT2D eigenvalue weighted by Crippen LogP contribution is -2.26. The van der Waals surface area contributed by atoms with Crippen molar-refractivity contribution in [2.24, 2.45) is 0 Å². The van der Waals surface area contributed by atoms with E-state index in [1.165, 1.54) is 89.2 Å². The van der Waals surface area contributed by atoms with Crippen LogP contribution in [0.1, 0.15) is 96.8 Å². The van der Waals surface area contributed by atoms with Gasteiger partial charge in [0.25, 0.3) is 5.69 Å². The molecule has 0 amide bonds. The first kappa shape index (κ1) is 27.4. The van der Waals surface area contributed by atoms with Crippen LogP contribution in [0.3, 0.4) is 0 Å². The van der Waals surface area contributed by atoms with E-state index >= 15 is 0 Å². The molecule has 178 valence electrons. The Bertz CT molecular complexity index is 549. The van der Waals surface area contributed by atoms with Gasteiger partial charge in [0.2, 0.25) is 0 Å². The van der Waals surface area contributed by atoms with Crippen molar-refractivity contribution in [2.45, 2.75) is 103 Å². The van der Waals surface area contributed by atoms with Crippen molar-refractivity contribution < 1.29 is 19.5 Å². The number of nitro groups is 1. The summed E-state index contributed by atoms with van der Waals surface area (Å²) in [6.45, 7) is 3.01. The summed E-state index contributed by atoms with van der Waals surface area (Å²) < 4.78 is 11.3. The number of nitro benzene ring substituents is 1. The molecular weight excluding hydrogens is 394 g/mol. The zero-order valence-corrected chi connectivity index (χ0v) is 19.4. The molecule has 1 aromatic rings. The first-order valence-electron chi connectivity index (χ1n) is 12.3. The number of hydrogen-bond donors (Lipinski definition) is 1. The molecule has 1 aromatic carbocycles. The van der Waals surface area contributed by atoms with Gasteiger partial charge in [-0.3, -0.25) is 10.1 Å². The maximum absolute atomic E-state index is 10.7. The smallest absolute Gasteiger partial charge is 0.269 e. The lowest BCUT2D eigenvalue weighted by molar-refractivity contribution is -0.384. The van der Waals surface area contributed by atoms with E-state index in [2.05, 4.69) is 6.92 Å². The summed E-state index contributed by atoms with van der Waals surface area (Å²) >= 11 is 0. The molecule has 1 atom stereocenters. The summed E-state index contributed by atoms with van der Waals surface area (Å²) in [5, 5.41) is 20.1. The summed E-state index contributed by atoms with van der Waals surface area (Å²) in [5.74, 6) is 0.532. The van der Waals surface area contributed by atoms with Crippen molar-refractivity contribution in [2.75, 3.05) is 19.8 Å². The van der Waals surface area contributed by atoms with E-state index in [4.69, 9.17) is 9.47 Å². The van der Waals surface area contributed by atoms with Crippen molar-refractivity contribution in [3.63, 3.8) is 0 Å². The minimum absolute atomic E-state index is 0.0279. The summed E-state index contributed by atoms with van der Waals surface area (Å²) in [6, 6.07) is 5.91. The molecule has 0 aliphatic carbocycles. The maximum Gasteiger partial charge on any atom is 0.269 e. The minimum Gasteiger partial charge on any atom is -0.491 e. The highest BCUT2D eigenvalue weighted by Crippen LogP contribution is 2.18. The van der Waals surface area contributed by atoms with E-state index in [9.17, 15) is 15.2 Å². The molecule has 0 bridgehead atoms. The molecule has 0 saturated carbocycles. The average molecular weight is 438 g/mol. The van der Waals surface area contributed by atoms with Crippen molar-refractivity contribution in [1.82, 2.24) is 0 Å². The Morgan fingerprint density at radius 3 is 1.77 bits per heavy atom. The molecule has 6 nitrogen and oxygen atoms in total. The fraction of sp³-hybridized carbons (Fsp3) is 0.760. The van der Waals surface area contributed by atoms with Crippen LogP contribution in [0.15, 0.2) is 24.3 Å². The van der Waals surface area contributed by atoms with Crippen LogP contribution < -0.4 is 4.74 Å². The number of benzene rings is 1. The van der Waals surface area contributed by atoms with Gasteiger partial charge in [0.1, 0.15) is 18.5 Å². The Kier molecular flexibility index (Phi) is 16.8. The molecule has 1 rings (SSSR count). The van der Waals surface area contributed by atoms with E-state index in [1.807, 2.05) is 0 Å². The number of rotatable bonds is 21. The Morgan fingerprint density at radius 1 is 0.839 bits per heavy atom. The van der Waals surface area contributed by atoms with E-state index in [0.29, 0.717) is 12.4 Å². The summed E-state index contributed by atoms with van der Waals surface area (Å²) in [5.41, 5.74) is 0.0279. The second-order valence-corrected chi connectivity index (χ2v) is 8.33. The average Bonchev–Trinajstić information content (AvgIpc) is 2.78. The van der Waals surface area contributed by atoms with Gasteiger partial charge in [-0.15, -0.1) is 0 Å². The first-order chi connectivity index (χ1) is 15.2. The lowest BCUT2D eigenvalue weighted by Gasteiger charge is -2.16. The Balaban J connectivity index is 1.92. The van der Waals surface area contributed by atoms with E-state index < -0.39 is 4.92 Å². The molecule has 0 unspecified atom stereocenters. The highest BCUT2D eigenvalue weighted by molar-refractivity contribution is 5.35. The summed E-state index contributed by atoms with van der Waals surface area (Å²) in [7, 11) is 0. The van der Waals surface area contributed by atoms with Crippen molar-refractivity contribution in [1.29, 1.82) is 0 Å². The molecule has 0 radical (unpaired) electrons. The number of ether oxygens (including phenoxy) is 2. The standard InChI is InChI=1S/C25H43NO5/c1-2-3-4-5-6-7-8-9-10-11-12-13-14-15-20-30-25(21-27)22-31-24-18-16-23(17-19-24)26(28)29/h16-19,25,27H,2-15,20-22H2,1H3/t25-/m1/s1. The highest BCUT2D eigenvalue weighted by atomic mass is 16.6. The monoisotopic (exact) mass is 437 g/mol. The quantitative estimate of drug-likeness (QED) is 0.129. The molecule has 0 spiro atoms. The van der Waals surface area contributed by atoms with Crippen LogP contribution in [0.2, 0.25) is 0 Å². The van der Waals surface area contributed by atoms with Gasteiger partial charge in [-0.25, -0.2) is 0 Å². The van der Waals surface area contributed by atoms with Crippen LogP contribution in [-0.4, -0.2) is 36.0 Å². The fourth-order valence-corrected chi connectivity index (χ4v) is 3.55. The van der Waals surface area contributed by atoms with Crippen molar-refractivity contribution >= 4 is 5.69 Å². The molecule has 0 saturated heterocycles. The predicted octanol–water partition coefficient (Wildman–Crippen LogP) is 6.83. The van der Waals surface area contributed by atoms with Crippen LogP contribution in [0.25, 0.3) is 0 Å². The normalized spacial score (nSPS) is 12.1. The van der Waals surface area contributed by atoms with E-state index in [-0.39, 0.29) is 25.0 Å². The number of aliphatic hydroxyl groups excluding tert-OH is 1. The van der Waals surface area contributed by atoms with Crippen LogP contribution in [0.5, 0.6) is 5.75 Å². The molecule has 1 N–H and O–H groups in total. The molecule has 0 aliphatic rings. The topological polar surface area (TPSA) is 81.8 Å². The van der Waals surface area contributed by atoms with Gasteiger partial charge in [-0.2, -0.15) is 0 Å². The second-order valence-electron chi connectivity index (χ2n) is 8.33. The third kappa shape index (κ3) is 14.9. The van der Waals surface area contributed by atoms with Crippen LogP contribution in [0.4, 0.5) is 5.69 Å². The number of nitrogens with zero attached hydrogens (tertiary/aromatic N) is 1. The Labute approximate surface area is 188 Å². The van der Waals surface area contributed by atoms with Gasteiger partial charge < -0.3 is 14.6 Å². The van der Waals surface area contributed by atoms with Crippen LogP contribution >= 0.6 is 0 Å². The van der Waals surface area contributed by atoms with Gasteiger partial charge in [0.05, 0.1) is 11.5 Å². The first-order valence-corrected chi connectivity index (χ1v) is 12.3. The summed E-state index contributed by atoms with van der Waals surface area (Å²) in [6.07, 6.45) is 18.1. The number of unbranched alkanes of at least 4 members (excludes halogenated alkanes) is 13. The fourth-order valence-electron chi connectivity index (χ4n) is 3.55. The van der Waals surface area contributed by atoms with Crippen molar-refractivity contribution in [3.05, 3.63) is 34.4 Å². The zero-order chi connectivity index (χ0) is 22.6. The van der Waals surface area contributed by atoms with Crippen molar-refractivity contribution in [3.8, 4) is 5.75 Å². The molecule has 0 heterocycles. The number of non-ortho nitro benzene ring substituents is 1. The Morgan fingerprint density at radius 2 is 1.32 bits per heavy atom. The van der Waals surface area contributed by atoms with Gasteiger partial charge >= 0.3 is 0 Å². The summed E-state index contributed by atoms with van der Waals surface area (Å²) in [4.78, 5) is 10.2. The van der Waals surface area contributed by atoms with Gasteiger partial charge in [0.15, 0.2) is 0 Å². The molecule has 6 heteroatoms. The molecule has 0 aliphatic heterocycles. The van der Waals surface area contributed by atoms with Crippen LogP contribution in [-0.2, 0) is 4.74 Å². The van der Waals surface area contributed by atoms with Gasteiger partial charge in [-0.1, -0.05) is 90.4 Å². The third-order valence-corrected chi connectivity index (χ3v) is 5.54. The SMILES string of the molecule is CCCCCCCCCCCCCCCCO[C@H](CO)COc1ccc([N+](=O)[O-])cc1. The van der Waals surface area contributed by atoms with Gasteiger partial charge in [-0.05, 0) is 18.6 Å². The van der Waals surface area contributed by atoms with Gasteiger partial charge in [0, 0.05) is 18.7 Å². The maximum atomic E-state index is 10.7. The molecule has 0 aromatic heterocycles. The number of hydrogen-bond acceptors (Lipinski definition) is 5.